The van der Waals surface area contributed by atoms with Gasteiger partial charge in [-0.2, -0.15) is 0 Å². The monoisotopic (exact) mass is 463 g/mol. The van der Waals surface area contributed by atoms with E-state index in [2.05, 4.69) is 15.8 Å². The number of rotatable bonds is 11. The second-order valence-corrected chi connectivity index (χ2v) is 8.73. The molecule has 0 aliphatic carbocycles. The lowest BCUT2D eigenvalue weighted by Crippen LogP contribution is -2.33. The van der Waals surface area contributed by atoms with Crippen molar-refractivity contribution in [3.8, 4) is 5.75 Å². The molecule has 0 aliphatic rings. The highest BCUT2D eigenvalue weighted by Crippen LogP contribution is 2.22. The highest BCUT2D eigenvalue weighted by Gasteiger charge is 2.22. The number of anilines is 1. The van der Waals surface area contributed by atoms with Crippen molar-refractivity contribution < 1.29 is 28.4 Å². The summed E-state index contributed by atoms with van der Waals surface area (Å²) in [5.41, 5.74) is 0.747. The number of benzene rings is 1. The number of hydrogen-bond acceptors (Lipinski definition) is 8. The van der Waals surface area contributed by atoms with Crippen molar-refractivity contribution in [3.05, 3.63) is 41.7 Å². The fraction of sp³-hybridized carbons (Fsp3) is 0.455. The number of nitrogens with one attached hydrogen (secondary N) is 2. The number of carbonyl (C=O) groups excluding carboxylic acids is 3. The molecule has 0 saturated heterocycles. The average molecular weight is 464 g/mol. The van der Waals surface area contributed by atoms with Gasteiger partial charge in [0.25, 0.3) is 0 Å². The van der Waals surface area contributed by atoms with Crippen LogP contribution in [0.25, 0.3) is 0 Å². The smallest absolute Gasteiger partial charge is 0.308 e. The Labute approximate surface area is 191 Å². The van der Waals surface area contributed by atoms with Gasteiger partial charge in [-0.15, -0.1) is 11.8 Å². The fourth-order valence-electron chi connectivity index (χ4n) is 2.73. The number of esters is 1. The molecule has 0 radical (unpaired) electrons. The number of methoxy groups -OCH3 is 1. The number of hydrogen-bond donors (Lipinski definition) is 2. The van der Waals surface area contributed by atoms with Crippen LogP contribution in [0.4, 0.5) is 5.82 Å². The van der Waals surface area contributed by atoms with Crippen molar-refractivity contribution in [3.63, 3.8) is 0 Å². The molecule has 9 nitrogen and oxygen atoms in total. The van der Waals surface area contributed by atoms with Gasteiger partial charge in [0.2, 0.25) is 11.8 Å². The molecule has 0 bridgehead atoms. The van der Waals surface area contributed by atoms with E-state index in [9.17, 15) is 14.4 Å². The number of carbonyl (C=O) groups is 3. The highest BCUT2D eigenvalue weighted by atomic mass is 32.2. The van der Waals surface area contributed by atoms with E-state index in [4.69, 9.17) is 14.0 Å². The van der Waals surface area contributed by atoms with Gasteiger partial charge in [0, 0.05) is 6.07 Å². The Hall–Kier alpha value is -3.01. The molecule has 174 valence electrons. The molecule has 0 aliphatic heterocycles. The Balaban J connectivity index is 1.95. The number of aryl methyl sites for hydroxylation is 1. The van der Waals surface area contributed by atoms with Gasteiger partial charge in [-0.05, 0) is 45.4 Å². The van der Waals surface area contributed by atoms with Crippen molar-refractivity contribution in [1.29, 1.82) is 0 Å². The van der Waals surface area contributed by atoms with Gasteiger partial charge >= 0.3 is 5.97 Å². The number of thioether (sulfide) groups is 1. The van der Waals surface area contributed by atoms with Gasteiger partial charge in [0.05, 0.1) is 36.7 Å². The fourth-order valence-corrected chi connectivity index (χ4v) is 3.43. The first-order valence-electron chi connectivity index (χ1n) is 10.2. The van der Waals surface area contributed by atoms with Crippen LogP contribution in [-0.2, 0) is 19.1 Å². The zero-order valence-electron chi connectivity index (χ0n) is 18.8. The molecule has 2 amide bonds. The molecule has 10 heteroatoms. The zero-order valence-corrected chi connectivity index (χ0v) is 19.7. The summed E-state index contributed by atoms with van der Waals surface area (Å²) in [4.78, 5) is 37.0. The highest BCUT2D eigenvalue weighted by molar-refractivity contribution is 8.01. The van der Waals surface area contributed by atoms with E-state index in [1.54, 1.807) is 65.1 Å². The summed E-state index contributed by atoms with van der Waals surface area (Å²) < 4.78 is 15.3. The van der Waals surface area contributed by atoms with E-state index in [0.717, 1.165) is 5.56 Å². The van der Waals surface area contributed by atoms with Crippen molar-refractivity contribution in [2.75, 3.05) is 18.2 Å². The summed E-state index contributed by atoms with van der Waals surface area (Å²) in [7, 11) is 1.56. The normalized spacial score (nSPS) is 12.7. The molecular formula is C22H29N3O6S. The standard InChI is InChI=1S/C22H29N3O6S/c1-13(2)30-21(27)11-18(16-6-8-17(29-5)9-7-16)23-20(26)12-32-15(4)22(28)24-19-10-14(3)31-25-19/h6-10,13,15,18H,11-12H2,1-5H3,(H,23,26)(H,24,25,28). The van der Waals surface area contributed by atoms with E-state index in [1.165, 1.54) is 11.8 Å². The van der Waals surface area contributed by atoms with Crippen molar-refractivity contribution in [1.82, 2.24) is 10.5 Å². The molecule has 0 spiro atoms. The summed E-state index contributed by atoms with van der Waals surface area (Å²) >= 11 is 1.17. The van der Waals surface area contributed by atoms with Crippen molar-refractivity contribution in [2.24, 2.45) is 0 Å². The van der Waals surface area contributed by atoms with Gasteiger partial charge in [0.1, 0.15) is 11.5 Å². The Morgan fingerprint density at radius 3 is 2.41 bits per heavy atom. The summed E-state index contributed by atoms with van der Waals surface area (Å²) in [5.74, 6) is 0.616. The molecule has 0 fully saturated rings. The van der Waals surface area contributed by atoms with Crippen LogP contribution in [0.1, 0.15) is 44.6 Å². The lowest BCUT2D eigenvalue weighted by Gasteiger charge is -2.20. The van der Waals surface area contributed by atoms with Crippen LogP contribution in [0.3, 0.4) is 0 Å². The second-order valence-electron chi connectivity index (χ2n) is 7.40. The van der Waals surface area contributed by atoms with Gasteiger partial charge in [-0.1, -0.05) is 17.3 Å². The van der Waals surface area contributed by atoms with Crippen LogP contribution < -0.4 is 15.4 Å². The topological polar surface area (TPSA) is 120 Å². The second kappa shape index (κ2) is 12.1. The molecule has 1 aromatic carbocycles. The lowest BCUT2D eigenvalue weighted by molar-refractivity contribution is -0.148. The average Bonchev–Trinajstić information content (AvgIpc) is 3.15. The number of ether oxygens (including phenoxy) is 2. The maximum atomic E-state index is 12.6. The minimum absolute atomic E-state index is 0.0114. The van der Waals surface area contributed by atoms with Crippen LogP contribution in [0, 0.1) is 6.92 Å². The molecule has 2 aromatic rings. The van der Waals surface area contributed by atoms with E-state index < -0.39 is 17.3 Å². The van der Waals surface area contributed by atoms with Crippen LogP contribution in [-0.4, -0.2) is 47.2 Å². The number of aromatic nitrogens is 1. The van der Waals surface area contributed by atoms with E-state index in [-0.39, 0.29) is 30.1 Å². The largest absolute Gasteiger partial charge is 0.497 e. The minimum atomic E-state index is -0.567. The molecule has 2 atom stereocenters. The third-order valence-electron chi connectivity index (χ3n) is 4.30. The van der Waals surface area contributed by atoms with Gasteiger partial charge in [-0.25, -0.2) is 0 Å². The molecule has 2 N–H and O–H groups in total. The van der Waals surface area contributed by atoms with Crippen molar-refractivity contribution in [2.45, 2.75) is 51.5 Å². The molecule has 2 rings (SSSR count). The third-order valence-corrected chi connectivity index (χ3v) is 5.45. The lowest BCUT2D eigenvalue weighted by atomic mass is 10.0. The summed E-state index contributed by atoms with van der Waals surface area (Å²) in [6.45, 7) is 6.95. The number of nitrogens with zero attached hydrogens (tertiary/aromatic N) is 1. The van der Waals surface area contributed by atoms with Gasteiger partial charge < -0.3 is 24.6 Å². The van der Waals surface area contributed by atoms with Crippen LogP contribution in [0.15, 0.2) is 34.9 Å². The van der Waals surface area contributed by atoms with Crippen LogP contribution in [0.5, 0.6) is 5.75 Å². The Morgan fingerprint density at radius 2 is 1.84 bits per heavy atom. The first-order chi connectivity index (χ1) is 15.2. The first-order valence-corrected chi connectivity index (χ1v) is 11.2. The predicted molar refractivity (Wildman–Crippen MR) is 122 cm³/mol. The van der Waals surface area contributed by atoms with Crippen LogP contribution in [0.2, 0.25) is 0 Å². The van der Waals surface area contributed by atoms with Crippen molar-refractivity contribution >= 4 is 35.4 Å². The molecule has 1 heterocycles. The molecule has 0 saturated carbocycles. The maximum Gasteiger partial charge on any atom is 0.308 e. The summed E-state index contributed by atoms with van der Waals surface area (Å²) in [6, 6.07) is 8.13. The Morgan fingerprint density at radius 1 is 1.16 bits per heavy atom. The van der Waals surface area contributed by atoms with Crippen LogP contribution >= 0.6 is 11.8 Å². The Kier molecular flexibility index (Phi) is 9.58. The summed E-state index contributed by atoms with van der Waals surface area (Å²) in [6.07, 6.45) is -0.263. The predicted octanol–water partition coefficient (Wildman–Crippen LogP) is 3.25. The molecule has 1 aromatic heterocycles. The van der Waals surface area contributed by atoms with E-state index in [1.807, 2.05) is 0 Å². The first kappa shape index (κ1) is 25.3. The minimum Gasteiger partial charge on any atom is -0.497 e. The maximum absolute atomic E-state index is 12.6. The number of amides is 2. The van der Waals surface area contributed by atoms with Gasteiger partial charge in [0.15, 0.2) is 5.82 Å². The molecule has 32 heavy (non-hydrogen) atoms. The third kappa shape index (κ3) is 8.26. The SMILES string of the molecule is COc1ccc(C(CC(=O)OC(C)C)NC(=O)CSC(C)C(=O)Nc2cc(C)on2)cc1. The Bertz CT molecular complexity index is 913. The molecule has 2 unspecified atom stereocenters. The summed E-state index contributed by atoms with van der Waals surface area (Å²) in [5, 5.41) is 8.72. The zero-order chi connectivity index (χ0) is 23.7. The van der Waals surface area contributed by atoms with E-state index in [0.29, 0.717) is 17.3 Å². The van der Waals surface area contributed by atoms with Gasteiger partial charge in [-0.3, -0.25) is 14.4 Å². The van der Waals surface area contributed by atoms with E-state index >= 15 is 0 Å². The quantitative estimate of drug-likeness (QED) is 0.487. The molecular weight excluding hydrogens is 434 g/mol.